The predicted molar refractivity (Wildman–Crippen MR) is 95.6 cm³/mol. The van der Waals surface area contributed by atoms with Gasteiger partial charge in [-0.05, 0) is 39.8 Å². The molecule has 2 aromatic carbocycles. The van der Waals surface area contributed by atoms with E-state index in [1.807, 2.05) is 62.4 Å². The molecular weight excluding hydrogens is 298 g/mol. The van der Waals surface area contributed by atoms with Gasteiger partial charge in [-0.1, -0.05) is 59.7 Å². The van der Waals surface area contributed by atoms with Gasteiger partial charge in [-0.3, -0.25) is 9.59 Å². The van der Waals surface area contributed by atoms with E-state index in [9.17, 15) is 9.59 Å². The number of Topliss-reactive ketones (excluding diaryl/α,β-unsaturated/α-hetero) is 2. The molecule has 3 heteroatoms. The molecule has 1 aliphatic heterocycles. The molecule has 0 spiro atoms. The first kappa shape index (κ1) is 16.6. The van der Waals surface area contributed by atoms with Crippen LogP contribution in [0, 0.1) is 19.3 Å². The maximum Gasteiger partial charge on any atom is 0.176 e. The fourth-order valence-corrected chi connectivity index (χ4v) is 3.37. The van der Waals surface area contributed by atoms with E-state index in [-0.39, 0.29) is 11.6 Å². The molecule has 0 radical (unpaired) electrons. The number of carbonyl (C=O) groups is 2. The van der Waals surface area contributed by atoms with Crippen LogP contribution in [-0.2, 0) is 0 Å². The molecule has 3 rings (SSSR count). The van der Waals surface area contributed by atoms with E-state index >= 15 is 0 Å². The van der Waals surface area contributed by atoms with Crippen LogP contribution >= 0.6 is 0 Å². The Kier molecular flexibility index (Phi) is 4.63. The molecule has 0 atom stereocenters. The van der Waals surface area contributed by atoms with E-state index in [1.165, 1.54) is 0 Å². The van der Waals surface area contributed by atoms with Crippen LogP contribution < -0.4 is 5.32 Å². The van der Waals surface area contributed by atoms with Gasteiger partial charge in [-0.25, -0.2) is 0 Å². The molecule has 1 N–H and O–H groups in total. The van der Waals surface area contributed by atoms with Gasteiger partial charge in [0.2, 0.25) is 0 Å². The number of benzene rings is 2. The minimum atomic E-state index is -0.949. The molecule has 1 aliphatic rings. The lowest BCUT2D eigenvalue weighted by molar-refractivity contribution is 0.0603. The summed E-state index contributed by atoms with van der Waals surface area (Å²) in [5.41, 5.74) is 2.52. The SMILES string of the molecule is Cc1ccc(C(=O)C2(C(=O)c3ccc(C)cc3)CCNCC2)cc1. The quantitative estimate of drug-likeness (QED) is 0.689. The molecule has 24 heavy (non-hydrogen) atoms. The van der Waals surface area contributed by atoms with Crippen LogP contribution in [0.15, 0.2) is 48.5 Å². The smallest absolute Gasteiger partial charge is 0.176 e. The van der Waals surface area contributed by atoms with Gasteiger partial charge in [0.15, 0.2) is 11.6 Å². The van der Waals surface area contributed by atoms with Crippen molar-refractivity contribution >= 4 is 11.6 Å². The number of rotatable bonds is 4. The van der Waals surface area contributed by atoms with Crippen LogP contribution in [0.25, 0.3) is 0 Å². The minimum absolute atomic E-state index is 0.0467. The molecule has 0 aliphatic carbocycles. The topological polar surface area (TPSA) is 46.2 Å². The zero-order chi connectivity index (χ0) is 17.2. The average molecular weight is 321 g/mol. The van der Waals surface area contributed by atoms with Crippen LogP contribution in [-0.4, -0.2) is 24.7 Å². The number of aryl methyl sites for hydroxylation is 2. The lowest BCUT2D eigenvalue weighted by Crippen LogP contribution is -2.47. The molecule has 124 valence electrons. The molecule has 2 aromatic rings. The molecule has 1 saturated heterocycles. The maximum absolute atomic E-state index is 13.3. The highest BCUT2D eigenvalue weighted by Crippen LogP contribution is 2.36. The molecule has 1 heterocycles. The standard InChI is InChI=1S/C21H23NO2/c1-15-3-7-17(8-4-15)19(23)21(11-13-22-14-12-21)20(24)18-9-5-16(2)6-10-18/h3-10,22H,11-14H2,1-2H3. The Morgan fingerprint density at radius 2 is 1.12 bits per heavy atom. The number of piperidine rings is 1. The summed E-state index contributed by atoms with van der Waals surface area (Å²) in [6, 6.07) is 15.1. The lowest BCUT2D eigenvalue weighted by Gasteiger charge is -2.35. The highest BCUT2D eigenvalue weighted by molar-refractivity contribution is 6.19. The maximum atomic E-state index is 13.3. The van der Waals surface area contributed by atoms with Crippen molar-refractivity contribution in [2.45, 2.75) is 26.7 Å². The third-order valence-electron chi connectivity index (χ3n) is 4.95. The van der Waals surface area contributed by atoms with Crippen LogP contribution in [0.4, 0.5) is 0 Å². The van der Waals surface area contributed by atoms with Gasteiger partial charge in [0.1, 0.15) is 0 Å². The fourth-order valence-electron chi connectivity index (χ4n) is 3.37. The Labute approximate surface area is 143 Å². The fraction of sp³-hybridized carbons (Fsp3) is 0.333. The second-order valence-corrected chi connectivity index (χ2v) is 6.72. The van der Waals surface area contributed by atoms with Crippen molar-refractivity contribution in [2.24, 2.45) is 5.41 Å². The van der Waals surface area contributed by atoms with E-state index in [0.29, 0.717) is 37.1 Å². The number of nitrogens with one attached hydrogen (secondary N) is 1. The predicted octanol–water partition coefficient (Wildman–Crippen LogP) is 3.74. The highest BCUT2D eigenvalue weighted by atomic mass is 16.2. The number of ketones is 2. The number of carbonyl (C=O) groups excluding carboxylic acids is 2. The summed E-state index contributed by atoms with van der Waals surface area (Å²) in [6.07, 6.45) is 1.10. The molecule has 0 amide bonds. The van der Waals surface area contributed by atoms with Gasteiger partial charge in [0.05, 0.1) is 5.41 Å². The average Bonchev–Trinajstić information content (AvgIpc) is 2.62. The Bertz CT molecular complexity index is 679. The molecule has 0 saturated carbocycles. The van der Waals surface area contributed by atoms with Crippen molar-refractivity contribution in [1.82, 2.24) is 5.32 Å². The van der Waals surface area contributed by atoms with Crippen molar-refractivity contribution in [1.29, 1.82) is 0 Å². The van der Waals surface area contributed by atoms with Crippen molar-refractivity contribution in [3.8, 4) is 0 Å². The minimum Gasteiger partial charge on any atom is -0.317 e. The van der Waals surface area contributed by atoms with Crippen LogP contribution in [0.2, 0.25) is 0 Å². The molecule has 0 bridgehead atoms. The highest BCUT2D eigenvalue weighted by Gasteiger charge is 2.46. The Morgan fingerprint density at radius 3 is 1.50 bits per heavy atom. The summed E-state index contributed by atoms with van der Waals surface area (Å²) < 4.78 is 0. The van der Waals surface area contributed by atoms with Crippen LogP contribution in [0.1, 0.15) is 44.7 Å². The van der Waals surface area contributed by atoms with E-state index < -0.39 is 5.41 Å². The summed E-state index contributed by atoms with van der Waals surface area (Å²) in [5.74, 6) is -0.0934. The van der Waals surface area contributed by atoms with Crippen molar-refractivity contribution in [2.75, 3.05) is 13.1 Å². The third kappa shape index (κ3) is 3.04. The van der Waals surface area contributed by atoms with E-state index in [2.05, 4.69) is 5.32 Å². The zero-order valence-corrected chi connectivity index (χ0v) is 14.3. The van der Waals surface area contributed by atoms with E-state index in [0.717, 1.165) is 11.1 Å². The Balaban J connectivity index is 2.00. The van der Waals surface area contributed by atoms with Gasteiger partial charge in [0.25, 0.3) is 0 Å². The van der Waals surface area contributed by atoms with Gasteiger partial charge >= 0.3 is 0 Å². The second-order valence-electron chi connectivity index (χ2n) is 6.72. The third-order valence-corrected chi connectivity index (χ3v) is 4.95. The molecule has 1 fully saturated rings. The summed E-state index contributed by atoms with van der Waals surface area (Å²) in [6.45, 7) is 5.36. The summed E-state index contributed by atoms with van der Waals surface area (Å²) >= 11 is 0. The normalized spacial score (nSPS) is 16.6. The van der Waals surface area contributed by atoms with E-state index in [4.69, 9.17) is 0 Å². The first-order chi connectivity index (χ1) is 11.5. The molecular formula is C21H23NO2. The number of hydrogen-bond donors (Lipinski definition) is 1. The zero-order valence-electron chi connectivity index (χ0n) is 14.3. The Morgan fingerprint density at radius 1 is 0.750 bits per heavy atom. The second kappa shape index (κ2) is 6.70. The Hall–Kier alpha value is -2.26. The van der Waals surface area contributed by atoms with Gasteiger partial charge < -0.3 is 5.32 Å². The molecule has 0 aromatic heterocycles. The molecule has 3 nitrogen and oxygen atoms in total. The van der Waals surface area contributed by atoms with Crippen molar-refractivity contribution in [3.05, 3.63) is 70.8 Å². The van der Waals surface area contributed by atoms with Crippen LogP contribution in [0.3, 0.4) is 0 Å². The van der Waals surface area contributed by atoms with Crippen molar-refractivity contribution in [3.63, 3.8) is 0 Å². The monoisotopic (exact) mass is 321 g/mol. The first-order valence-electron chi connectivity index (χ1n) is 8.47. The largest absolute Gasteiger partial charge is 0.317 e. The first-order valence-corrected chi connectivity index (χ1v) is 8.47. The van der Waals surface area contributed by atoms with Crippen molar-refractivity contribution < 1.29 is 9.59 Å². The van der Waals surface area contributed by atoms with Gasteiger partial charge in [-0.15, -0.1) is 0 Å². The van der Waals surface area contributed by atoms with Gasteiger partial charge in [0, 0.05) is 11.1 Å². The summed E-state index contributed by atoms with van der Waals surface area (Å²) in [5, 5.41) is 3.27. The summed E-state index contributed by atoms with van der Waals surface area (Å²) in [4.78, 5) is 26.5. The summed E-state index contributed by atoms with van der Waals surface area (Å²) in [7, 11) is 0. The van der Waals surface area contributed by atoms with Gasteiger partial charge in [-0.2, -0.15) is 0 Å². The van der Waals surface area contributed by atoms with E-state index in [1.54, 1.807) is 0 Å². The van der Waals surface area contributed by atoms with Crippen LogP contribution in [0.5, 0.6) is 0 Å². The number of hydrogen-bond acceptors (Lipinski definition) is 3. The molecule has 0 unspecified atom stereocenters. The lowest BCUT2D eigenvalue weighted by atomic mass is 9.68.